The summed E-state index contributed by atoms with van der Waals surface area (Å²) in [6, 6.07) is 11.4. The van der Waals surface area contributed by atoms with Crippen LogP contribution in [-0.2, 0) is 6.54 Å². The monoisotopic (exact) mass is 309 g/mol. The molecular weight excluding hydrogens is 286 g/mol. The van der Waals surface area contributed by atoms with Crippen LogP contribution in [0.25, 0.3) is 0 Å². The number of nitrogens with zero attached hydrogens (tertiary/aromatic N) is 1. The van der Waals surface area contributed by atoms with E-state index in [-0.39, 0.29) is 0 Å². The molecule has 18 heavy (non-hydrogen) atoms. The fourth-order valence-electron chi connectivity index (χ4n) is 2.68. The van der Waals surface area contributed by atoms with Gasteiger partial charge in [-0.3, -0.25) is 4.90 Å². The first-order valence-electron chi connectivity index (χ1n) is 6.99. The lowest BCUT2D eigenvalue weighted by Crippen LogP contribution is -2.45. The van der Waals surface area contributed by atoms with Gasteiger partial charge < -0.3 is 0 Å². The number of benzene rings is 1. The van der Waals surface area contributed by atoms with Gasteiger partial charge in [0.25, 0.3) is 0 Å². The Morgan fingerprint density at radius 1 is 1.22 bits per heavy atom. The fraction of sp³-hybridized carbons (Fsp3) is 0.625. The number of hydrogen-bond acceptors (Lipinski definition) is 1. The summed E-state index contributed by atoms with van der Waals surface area (Å²) < 4.78 is 0. The molecule has 0 saturated heterocycles. The third-order valence-electron chi connectivity index (χ3n) is 4.19. The van der Waals surface area contributed by atoms with Crippen molar-refractivity contribution in [1.82, 2.24) is 4.90 Å². The van der Waals surface area contributed by atoms with Crippen LogP contribution in [0.15, 0.2) is 30.3 Å². The molecule has 1 aliphatic rings. The van der Waals surface area contributed by atoms with Gasteiger partial charge in [-0.2, -0.15) is 0 Å². The van der Waals surface area contributed by atoms with Crippen LogP contribution in [-0.4, -0.2) is 22.8 Å². The van der Waals surface area contributed by atoms with E-state index in [4.69, 9.17) is 0 Å². The Morgan fingerprint density at radius 2 is 1.89 bits per heavy atom. The molecule has 0 aliphatic heterocycles. The van der Waals surface area contributed by atoms with Crippen molar-refractivity contribution in [2.24, 2.45) is 5.41 Å². The predicted octanol–water partition coefficient (Wildman–Crippen LogP) is 4.46. The third kappa shape index (κ3) is 3.36. The molecule has 1 nitrogen and oxygen atoms in total. The van der Waals surface area contributed by atoms with E-state index in [0.717, 1.165) is 11.9 Å². The van der Waals surface area contributed by atoms with Gasteiger partial charge in [0, 0.05) is 24.5 Å². The van der Waals surface area contributed by atoms with Gasteiger partial charge in [0.15, 0.2) is 0 Å². The quantitative estimate of drug-likeness (QED) is 0.701. The summed E-state index contributed by atoms with van der Waals surface area (Å²) in [6.07, 6.45) is 4.18. The van der Waals surface area contributed by atoms with Gasteiger partial charge >= 0.3 is 0 Å². The van der Waals surface area contributed by atoms with E-state index in [0.29, 0.717) is 11.5 Å². The highest BCUT2D eigenvalue weighted by atomic mass is 79.9. The van der Waals surface area contributed by atoms with Gasteiger partial charge in [-0.05, 0) is 37.7 Å². The van der Waals surface area contributed by atoms with E-state index in [1.54, 1.807) is 0 Å². The average molecular weight is 310 g/mol. The van der Waals surface area contributed by atoms with Crippen molar-refractivity contribution in [3.8, 4) is 0 Å². The summed E-state index contributed by atoms with van der Waals surface area (Å²) in [7, 11) is 0. The van der Waals surface area contributed by atoms with Crippen molar-refractivity contribution in [1.29, 1.82) is 0 Å². The number of alkyl halides is 1. The van der Waals surface area contributed by atoms with Crippen molar-refractivity contribution >= 4 is 15.9 Å². The van der Waals surface area contributed by atoms with Crippen LogP contribution in [0.1, 0.15) is 38.7 Å². The van der Waals surface area contributed by atoms with E-state index in [1.807, 2.05) is 0 Å². The molecular formula is C16H24BrN. The maximum absolute atomic E-state index is 3.72. The molecule has 1 fully saturated rings. The number of hydrogen-bond donors (Lipinski definition) is 0. The van der Waals surface area contributed by atoms with Crippen LogP contribution in [0, 0.1) is 5.41 Å². The molecule has 1 aromatic rings. The minimum absolute atomic E-state index is 0.541. The molecule has 0 spiro atoms. The molecule has 1 aliphatic carbocycles. The first kappa shape index (κ1) is 14.1. The molecule has 100 valence electrons. The minimum atomic E-state index is 0.541. The average Bonchev–Trinajstić information content (AvgIpc) is 2.33. The molecule has 0 aromatic heterocycles. The maximum Gasteiger partial charge on any atom is 0.0236 e. The zero-order valence-electron chi connectivity index (χ0n) is 11.5. The van der Waals surface area contributed by atoms with Gasteiger partial charge in [0.1, 0.15) is 0 Å². The van der Waals surface area contributed by atoms with Gasteiger partial charge in [-0.15, -0.1) is 0 Å². The molecule has 1 aromatic carbocycles. The zero-order valence-corrected chi connectivity index (χ0v) is 13.1. The summed E-state index contributed by atoms with van der Waals surface area (Å²) in [6.45, 7) is 6.92. The summed E-state index contributed by atoms with van der Waals surface area (Å²) in [5, 5.41) is 1.15. The summed E-state index contributed by atoms with van der Waals surface area (Å²) in [4.78, 5) is 2.62. The molecule has 0 bridgehead atoms. The summed E-state index contributed by atoms with van der Waals surface area (Å²) in [5.41, 5.74) is 1.97. The van der Waals surface area contributed by atoms with Crippen molar-refractivity contribution in [3.63, 3.8) is 0 Å². The summed E-state index contributed by atoms with van der Waals surface area (Å²) >= 11 is 3.72. The van der Waals surface area contributed by atoms with Gasteiger partial charge in [0.2, 0.25) is 0 Å². The lowest BCUT2D eigenvalue weighted by atomic mass is 9.70. The third-order valence-corrected chi connectivity index (χ3v) is 5.38. The largest absolute Gasteiger partial charge is 0.296 e. The highest BCUT2D eigenvalue weighted by Gasteiger charge is 2.37. The van der Waals surface area contributed by atoms with E-state index >= 15 is 0 Å². The lowest BCUT2D eigenvalue weighted by Gasteiger charge is -2.45. The molecule has 1 saturated carbocycles. The van der Waals surface area contributed by atoms with Crippen molar-refractivity contribution in [2.45, 2.75) is 45.7 Å². The van der Waals surface area contributed by atoms with E-state index in [2.05, 4.69) is 65.0 Å². The number of halogens is 1. The van der Waals surface area contributed by atoms with Crippen LogP contribution < -0.4 is 0 Å². The maximum atomic E-state index is 3.72. The van der Waals surface area contributed by atoms with Crippen LogP contribution in [0.3, 0.4) is 0 Å². The second kappa shape index (κ2) is 6.21. The Balaban J connectivity index is 2.00. The SMILES string of the molecule is CC(C)N(Cc1ccccc1)CC1(CBr)CCC1. The van der Waals surface area contributed by atoms with Gasteiger partial charge in [-0.1, -0.05) is 52.7 Å². The van der Waals surface area contributed by atoms with E-state index in [9.17, 15) is 0 Å². The fourth-order valence-corrected chi connectivity index (χ4v) is 3.42. The predicted molar refractivity (Wildman–Crippen MR) is 82.1 cm³/mol. The Labute approximate surface area is 120 Å². The Bertz CT molecular complexity index is 351. The second-order valence-electron chi connectivity index (χ2n) is 5.97. The molecule has 0 heterocycles. The Hall–Kier alpha value is -0.340. The zero-order chi connectivity index (χ0) is 13.0. The van der Waals surface area contributed by atoms with Crippen LogP contribution in [0.4, 0.5) is 0 Å². The molecule has 0 radical (unpaired) electrons. The highest BCUT2D eigenvalue weighted by Crippen LogP contribution is 2.43. The standard InChI is InChI=1S/C16H24BrN/c1-14(2)18(11-15-7-4-3-5-8-15)13-16(12-17)9-6-10-16/h3-5,7-8,14H,6,9-13H2,1-2H3. The highest BCUT2D eigenvalue weighted by molar-refractivity contribution is 9.09. The minimum Gasteiger partial charge on any atom is -0.296 e. The molecule has 0 amide bonds. The topological polar surface area (TPSA) is 3.24 Å². The van der Waals surface area contributed by atoms with E-state index < -0.39 is 0 Å². The first-order valence-corrected chi connectivity index (χ1v) is 8.11. The van der Waals surface area contributed by atoms with Crippen molar-refractivity contribution in [3.05, 3.63) is 35.9 Å². The summed E-state index contributed by atoms with van der Waals surface area (Å²) in [5.74, 6) is 0. The molecule has 0 unspecified atom stereocenters. The number of rotatable bonds is 6. The Kier molecular flexibility index (Phi) is 4.85. The normalized spacial score (nSPS) is 18.1. The van der Waals surface area contributed by atoms with Crippen LogP contribution >= 0.6 is 15.9 Å². The lowest BCUT2D eigenvalue weighted by molar-refractivity contribution is 0.0684. The second-order valence-corrected chi connectivity index (χ2v) is 6.53. The van der Waals surface area contributed by atoms with Crippen LogP contribution in [0.5, 0.6) is 0 Å². The van der Waals surface area contributed by atoms with Crippen molar-refractivity contribution in [2.75, 3.05) is 11.9 Å². The molecule has 2 rings (SSSR count). The van der Waals surface area contributed by atoms with Crippen LogP contribution in [0.2, 0.25) is 0 Å². The smallest absolute Gasteiger partial charge is 0.0236 e. The Morgan fingerprint density at radius 3 is 2.33 bits per heavy atom. The van der Waals surface area contributed by atoms with Crippen molar-refractivity contribution < 1.29 is 0 Å². The van der Waals surface area contributed by atoms with Gasteiger partial charge in [-0.25, -0.2) is 0 Å². The first-order chi connectivity index (χ1) is 8.65. The van der Waals surface area contributed by atoms with Gasteiger partial charge in [0.05, 0.1) is 0 Å². The van der Waals surface area contributed by atoms with E-state index in [1.165, 1.54) is 31.4 Å². The molecule has 2 heteroatoms. The molecule has 0 N–H and O–H groups in total. The molecule has 0 atom stereocenters.